The average Bonchev–Trinajstić information content (AvgIpc) is 2.76. The molecule has 1 aliphatic heterocycles. The quantitative estimate of drug-likeness (QED) is 0.752. The third kappa shape index (κ3) is 2.80. The first kappa shape index (κ1) is 11.1. The topological polar surface area (TPSA) is 84.4 Å². The maximum absolute atomic E-state index is 11.6. The van der Waals surface area contributed by atoms with Gasteiger partial charge in [0.2, 0.25) is 5.91 Å². The zero-order valence-electron chi connectivity index (χ0n) is 9.27. The summed E-state index contributed by atoms with van der Waals surface area (Å²) in [4.78, 5) is 13.6. The molecule has 1 aliphatic rings. The number of carbonyl (C=O) groups excluding carboxylic acids is 1. The minimum Gasteiger partial charge on any atom is -0.360 e. The second-order valence-electron chi connectivity index (χ2n) is 4.15. The molecule has 6 heteroatoms. The number of nitrogens with one attached hydrogen (secondary N) is 1. The third-order valence-corrected chi connectivity index (χ3v) is 2.57. The number of anilines is 1. The Hall–Kier alpha value is -1.40. The third-order valence-electron chi connectivity index (χ3n) is 2.57. The van der Waals surface area contributed by atoms with Gasteiger partial charge < -0.3 is 15.6 Å². The van der Waals surface area contributed by atoms with Crippen molar-refractivity contribution in [1.82, 2.24) is 10.1 Å². The van der Waals surface area contributed by atoms with Crippen molar-refractivity contribution < 1.29 is 9.32 Å². The average molecular weight is 224 g/mol. The highest BCUT2D eigenvalue weighted by Crippen LogP contribution is 2.09. The van der Waals surface area contributed by atoms with Crippen molar-refractivity contribution in [1.29, 1.82) is 0 Å². The largest absolute Gasteiger partial charge is 0.360 e. The van der Waals surface area contributed by atoms with Crippen LogP contribution in [0.25, 0.3) is 0 Å². The maximum atomic E-state index is 11.6. The smallest absolute Gasteiger partial charge is 0.239 e. The normalized spacial score (nSPS) is 21.2. The van der Waals surface area contributed by atoms with E-state index < -0.39 is 0 Å². The van der Waals surface area contributed by atoms with Crippen LogP contribution >= 0.6 is 0 Å². The molecule has 2 heterocycles. The van der Waals surface area contributed by atoms with Crippen molar-refractivity contribution in [2.75, 3.05) is 25.0 Å². The van der Waals surface area contributed by atoms with Gasteiger partial charge in [0.15, 0.2) is 5.82 Å². The van der Waals surface area contributed by atoms with Crippen LogP contribution in [0.5, 0.6) is 0 Å². The fraction of sp³-hybridized carbons (Fsp3) is 0.600. The molecule has 0 spiro atoms. The molecular formula is C10H16N4O2. The van der Waals surface area contributed by atoms with Crippen LogP contribution in [0, 0.1) is 6.92 Å². The lowest BCUT2D eigenvalue weighted by Gasteiger charge is -2.13. The first-order chi connectivity index (χ1) is 7.63. The van der Waals surface area contributed by atoms with E-state index in [0.29, 0.717) is 18.1 Å². The molecular weight excluding hydrogens is 208 g/mol. The lowest BCUT2D eigenvalue weighted by Crippen LogP contribution is -2.33. The minimum atomic E-state index is -0.0811. The second-order valence-corrected chi connectivity index (χ2v) is 4.15. The van der Waals surface area contributed by atoms with E-state index in [0.717, 1.165) is 19.5 Å². The molecule has 1 fully saturated rings. The number of aromatic nitrogens is 1. The fourth-order valence-corrected chi connectivity index (χ4v) is 1.82. The monoisotopic (exact) mass is 224 g/mol. The Morgan fingerprint density at radius 1 is 1.81 bits per heavy atom. The predicted molar refractivity (Wildman–Crippen MR) is 58.9 cm³/mol. The van der Waals surface area contributed by atoms with Gasteiger partial charge in [-0.3, -0.25) is 9.69 Å². The van der Waals surface area contributed by atoms with Crippen LogP contribution in [0.4, 0.5) is 5.82 Å². The molecule has 0 aromatic carbocycles. The Balaban J connectivity index is 1.80. The Labute approximate surface area is 93.8 Å². The first-order valence-electron chi connectivity index (χ1n) is 5.34. The van der Waals surface area contributed by atoms with E-state index in [1.807, 2.05) is 4.90 Å². The van der Waals surface area contributed by atoms with Gasteiger partial charge in [0.25, 0.3) is 0 Å². The summed E-state index contributed by atoms with van der Waals surface area (Å²) in [6, 6.07) is 1.88. The summed E-state index contributed by atoms with van der Waals surface area (Å²) in [5, 5.41) is 6.37. The van der Waals surface area contributed by atoms with Crippen molar-refractivity contribution in [2.45, 2.75) is 19.4 Å². The number of amides is 1. The summed E-state index contributed by atoms with van der Waals surface area (Å²) in [5.41, 5.74) is 5.76. The van der Waals surface area contributed by atoms with Gasteiger partial charge in [0.05, 0.1) is 6.54 Å². The van der Waals surface area contributed by atoms with Crippen molar-refractivity contribution in [3.8, 4) is 0 Å². The highest BCUT2D eigenvalue weighted by atomic mass is 16.5. The minimum absolute atomic E-state index is 0.0811. The predicted octanol–water partition coefficient (Wildman–Crippen LogP) is -0.0455. The van der Waals surface area contributed by atoms with E-state index in [1.165, 1.54) is 0 Å². The molecule has 2 rings (SSSR count). The lowest BCUT2D eigenvalue weighted by atomic mass is 10.3. The standard InChI is InChI=1S/C10H16N4O2/c1-7-4-9(13-16-7)12-10(15)6-14-3-2-8(11)5-14/h4,8H,2-3,5-6,11H2,1H3,(H,12,13,15)/t8-/m1/s1. The van der Waals surface area contributed by atoms with Crippen LogP contribution in [0.3, 0.4) is 0 Å². The summed E-state index contributed by atoms with van der Waals surface area (Å²) in [6.07, 6.45) is 0.955. The number of hydrogen-bond acceptors (Lipinski definition) is 5. The molecule has 0 aliphatic carbocycles. The zero-order valence-corrected chi connectivity index (χ0v) is 9.27. The van der Waals surface area contributed by atoms with Gasteiger partial charge in [-0.2, -0.15) is 0 Å². The molecule has 3 N–H and O–H groups in total. The zero-order chi connectivity index (χ0) is 11.5. The Kier molecular flexibility index (Phi) is 3.21. The first-order valence-corrected chi connectivity index (χ1v) is 5.34. The van der Waals surface area contributed by atoms with E-state index in [4.69, 9.17) is 10.3 Å². The van der Waals surface area contributed by atoms with Gasteiger partial charge in [0, 0.05) is 25.2 Å². The van der Waals surface area contributed by atoms with Gasteiger partial charge in [-0.25, -0.2) is 0 Å². The molecule has 0 bridgehead atoms. The van der Waals surface area contributed by atoms with Crippen LogP contribution in [-0.4, -0.2) is 41.6 Å². The van der Waals surface area contributed by atoms with E-state index in [9.17, 15) is 4.79 Å². The summed E-state index contributed by atoms with van der Waals surface area (Å²) in [6.45, 7) is 3.81. The SMILES string of the molecule is Cc1cc(NC(=O)CN2CC[C@@H](N)C2)no1. The lowest BCUT2D eigenvalue weighted by molar-refractivity contribution is -0.117. The maximum Gasteiger partial charge on any atom is 0.239 e. The van der Waals surface area contributed by atoms with Gasteiger partial charge in [-0.1, -0.05) is 5.16 Å². The Morgan fingerprint density at radius 3 is 3.19 bits per heavy atom. The van der Waals surface area contributed by atoms with Crippen molar-refractivity contribution in [2.24, 2.45) is 5.73 Å². The number of rotatable bonds is 3. The summed E-state index contributed by atoms with van der Waals surface area (Å²) >= 11 is 0. The highest BCUT2D eigenvalue weighted by molar-refractivity contribution is 5.91. The summed E-state index contributed by atoms with van der Waals surface area (Å²) in [5.74, 6) is 1.06. The molecule has 16 heavy (non-hydrogen) atoms. The van der Waals surface area contributed by atoms with E-state index in [-0.39, 0.29) is 11.9 Å². The van der Waals surface area contributed by atoms with Crippen LogP contribution in [0.1, 0.15) is 12.2 Å². The van der Waals surface area contributed by atoms with Crippen LogP contribution in [0.2, 0.25) is 0 Å². The van der Waals surface area contributed by atoms with Crippen molar-refractivity contribution in [3.05, 3.63) is 11.8 Å². The van der Waals surface area contributed by atoms with Crippen LogP contribution < -0.4 is 11.1 Å². The molecule has 0 saturated carbocycles. The van der Waals surface area contributed by atoms with Gasteiger partial charge >= 0.3 is 0 Å². The molecule has 1 aromatic rings. The van der Waals surface area contributed by atoms with E-state index in [2.05, 4.69) is 10.5 Å². The van der Waals surface area contributed by atoms with Gasteiger partial charge in [-0.05, 0) is 13.3 Å². The fourth-order valence-electron chi connectivity index (χ4n) is 1.82. The number of nitrogens with zero attached hydrogens (tertiary/aromatic N) is 2. The van der Waals surface area contributed by atoms with Crippen LogP contribution in [0.15, 0.2) is 10.6 Å². The highest BCUT2D eigenvalue weighted by Gasteiger charge is 2.21. The molecule has 1 amide bonds. The summed E-state index contributed by atoms with van der Waals surface area (Å²) in [7, 11) is 0. The molecule has 1 saturated heterocycles. The molecule has 0 radical (unpaired) electrons. The van der Waals surface area contributed by atoms with Crippen molar-refractivity contribution >= 4 is 11.7 Å². The number of carbonyl (C=O) groups is 1. The Morgan fingerprint density at radius 2 is 2.62 bits per heavy atom. The number of hydrogen-bond donors (Lipinski definition) is 2. The number of nitrogens with two attached hydrogens (primary N) is 1. The number of likely N-dealkylation sites (tertiary alicyclic amines) is 1. The molecule has 1 aromatic heterocycles. The second kappa shape index (κ2) is 4.63. The van der Waals surface area contributed by atoms with Crippen molar-refractivity contribution in [3.63, 3.8) is 0 Å². The Bertz CT molecular complexity index is 377. The summed E-state index contributed by atoms with van der Waals surface area (Å²) < 4.78 is 4.85. The molecule has 0 unspecified atom stereocenters. The van der Waals surface area contributed by atoms with Crippen LogP contribution in [-0.2, 0) is 4.79 Å². The van der Waals surface area contributed by atoms with Gasteiger partial charge in [-0.15, -0.1) is 0 Å². The number of aryl methyl sites for hydroxylation is 1. The molecule has 6 nitrogen and oxygen atoms in total. The molecule has 1 atom stereocenters. The van der Waals surface area contributed by atoms with E-state index >= 15 is 0 Å². The molecule has 88 valence electrons. The van der Waals surface area contributed by atoms with Gasteiger partial charge in [0.1, 0.15) is 5.76 Å². The van der Waals surface area contributed by atoms with E-state index in [1.54, 1.807) is 13.0 Å².